The van der Waals surface area contributed by atoms with E-state index in [1.165, 1.54) is 57.8 Å². The molecule has 1 heterocycles. The first-order chi connectivity index (χ1) is 10.8. The van der Waals surface area contributed by atoms with Gasteiger partial charge in [0.15, 0.2) is 12.4 Å². The number of pyridine rings is 1. The second kappa shape index (κ2) is 13.3. The monoisotopic (exact) mass is 305 g/mol. The summed E-state index contributed by atoms with van der Waals surface area (Å²) >= 11 is 0. The van der Waals surface area contributed by atoms with Crippen molar-refractivity contribution in [1.82, 2.24) is 5.32 Å². The van der Waals surface area contributed by atoms with Crippen molar-refractivity contribution in [3.05, 3.63) is 30.6 Å². The largest absolute Gasteiger partial charge is 0.351 e. The predicted molar refractivity (Wildman–Crippen MR) is 91.5 cm³/mol. The Hall–Kier alpha value is -1.38. The van der Waals surface area contributed by atoms with Crippen LogP contribution in [0, 0.1) is 0 Å². The number of unbranched alkanes of at least 4 members (excludes halogenated alkanes) is 9. The topological polar surface area (TPSA) is 33.0 Å². The quantitative estimate of drug-likeness (QED) is 0.433. The number of hydrogen-bond acceptors (Lipinski definition) is 1. The van der Waals surface area contributed by atoms with Crippen molar-refractivity contribution in [3.8, 4) is 0 Å². The molecule has 0 unspecified atom stereocenters. The van der Waals surface area contributed by atoms with Gasteiger partial charge in [0, 0.05) is 18.7 Å². The van der Waals surface area contributed by atoms with Crippen molar-refractivity contribution >= 4 is 5.91 Å². The van der Waals surface area contributed by atoms with E-state index in [4.69, 9.17) is 0 Å². The Balaban J connectivity index is 1.86. The smallest absolute Gasteiger partial charge is 0.285 e. The zero-order valence-electron chi connectivity index (χ0n) is 14.2. The summed E-state index contributed by atoms with van der Waals surface area (Å²) in [6, 6.07) is 5.84. The third-order valence-corrected chi connectivity index (χ3v) is 3.96. The van der Waals surface area contributed by atoms with Gasteiger partial charge in [0.05, 0.1) is 0 Å². The molecule has 3 nitrogen and oxygen atoms in total. The van der Waals surface area contributed by atoms with Gasteiger partial charge in [0.2, 0.25) is 6.54 Å². The lowest BCUT2D eigenvalue weighted by Crippen LogP contribution is -2.42. The van der Waals surface area contributed by atoms with Crippen LogP contribution in [-0.4, -0.2) is 12.5 Å². The van der Waals surface area contributed by atoms with Gasteiger partial charge < -0.3 is 5.32 Å². The fourth-order valence-electron chi connectivity index (χ4n) is 2.60. The molecule has 124 valence electrons. The lowest BCUT2D eigenvalue weighted by molar-refractivity contribution is -0.684. The molecule has 1 rings (SSSR count). The van der Waals surface area contributed by atoms with Gasteiger partial charge in [-0.1, -0.05) is 70.8 Å². The van der Waals surface area contributed by atoms with Crippen molar-refractivity contribution in [2.45, 2.75) is 77.7 Å². The first-order valence-corrected chi connectivity index (χ1v) is 9.03. The molecule has 1 amide bonds. The molecule has 3 heteroatoms. The molecule has 0 radical (unpaired) electrons. The van der Waals surface area contributed by atoms with Crippen LogP contribution in [0.3, 0.4) is 0 Å². The molecule has 0 spiro atoms. The van der Waals surface area contributed by atoms with Crippen LogP contribution in [0.2, 0.25) is 0 Å². The molecular weight excluding hydrogens is 272 g/mol. The lowest BCUT2D eigenvalue weighted by Gasteiger charge is -2.04. The maximum absolute atomic E-state index is 11.7. The van der Waals surface area contributed by atoms with Crippen molar-refractivity contribution in [3.63, 3.8) is 0 Å². The second-order valence-corrected chi connectivity index (χ2v) is 6.08. The number of carbonyl (C=O) groups excluding carboxylic acids is 1. The van der Waals surface area contributed by atoms with Crippen LogP contribution in [0.4, 0.5) is 0 Å². The third-order valence-electron chi connectivity index (χ3n) is 3.96. The van der Waals surface area contributed by atoms with E-state index < -0.39 is 0 Å². The fourth-order valence-corrected chi connectivity index (χ4v) is 2.60. The van der Waals surface area contributed by atoms with E-state index in [-0.39, 0.29) is 5.91 Å². The number of amides is 1. The average Bonchev–Trinajstić information content (AvgIpc) is 2.53. The Bertz CT molecular complexity index is 378. The molecule has 1 aromatic heterocycles. The summed E-state index contributed by atoms with van der Waals surface area (Å²) in [6.45, 7) is 3.48. The van der Waals surface area contributed by atoms with Crippen LogP contribution in [0.1, 0.15) is 71.1 Å². The summed E-state index contributed by atoms with van der Waals surface area (Å²) in [5.41, 5.74) is 0. The normalized spacial score (nSPS) is 10.6. The molecular formula is C19H33N2O+. The Morgan fingerprint density at radius 1 is 0.818 bits per heavy atom. The molecule has 1 aromatic rings. The predicted octanol–water partition coefficient (Wildman–Crippen LogP) is 4.01. The van der Waals surface area contributed by atoms with E-state index in [0.717, 1.165) is 13.0 Å². The second-order valence-electron chi connectivity index (χ2n) is 6.08. The van der Waals surface area contributed by atoms with Gasteiger partial charge >= 0.3 is 0 Å². The van der Waals surface area contributed by atoms with Crippen LogP contribution in [0.25, 0.3) is 0 Å². The minimum Gasteiger partial charge on any atom is -0.351 e. The van der Waals surface area contributed by atoms with Crippen molar-refractivity contribution < 1.29 is 9.36 Å². The minimum atomic E-state index is 0.104. The molecule has 0 aromatic carbocycles. The number of carbonyl (C=O) groups is 1. The highest BCUT2D eigenvalue weighted by molar-refractivity contribution is 5.74. The molecule has 1 N–H and O–H groups in total. The molecule has 0 saturated heterocycles. The third kappa shape index (κ3) is 10.4. The van der Waals surface area contributed by atoms with Crippen LogP contribution in [0.15, 0.2) is 30.6 Å². The van der Waals surface area contributed by atoms with Crippen molar-refractivity contribution in [1.29, 1.82) is 0 Å². The van der Waals surface area contributed by atoms with Crippen LogP contribution >= 0.6 is 0 Å². The Morgan fingerprint density at radius 3 is 1.95 bits per heavy atom. The molecule has 0 aliphatic carbocycles. The number of nitrogens with zero attached hydrogens (tertiary/aromatic N) is 1. The van der Waals surface area contributed by atoms with Gasteiger partial charge in [-0.15, -0.1) is 0 Å². The average molecular weight is 305 g/mol. The first-order valence-electron chi connectivity index (χ1n) is 9.03. The lowest BCUT2D eigenvalue weighted by atomic mass is 10.1. The summed E-state index contributed by atoms with van der Waals surface area (Å²) in [5, 5.41) is 3.00. The zero-order valence-corrected chi connectivity index (χ0v) is 14.2. The number of hydrogen-bond donors (Lipinski definition) is 1. The van der Waals surface area contributed by atoms with Gasteiger partial charge in [0.25, 0.3) is 5.91 Å². The minimum absolute atomic E-state index is 0.104. The van der Waals surface area contributed by atoms with Crippen LogP contribution < -0.4 is 9.88 Å². The summed E-state index contributed by atoms with van der Waals surface area (Å²) in [5.74, 6) is 0.104. The van der Waals surface area contributed by atoms with Gasteiger partial charge in [0.1, 0.15) is 0 Å². The summed E-state index contributed by atoms with van der Waals surface area (Å²) in [7, 11) is 0. The van der Waals surface area contributed by atoms with Gasteiger partial charge in [-0.2, -0.15) is 4.57 Å². The standard InChI is InChI=1S/C19H32N2O/c1-2-3-4-5-6-7-8-9-10-12-15-20-19(22)18-21-16-13-11-14-17-21/h11,13-14,16-17H,2-10,12,15,18H2,1H3/p+1. The Morgan fingerprint density at radius 2 is 1.36 bits per heavy atom. The molecule has 0 fully saturated rings. The van der Waals surface area contributed by atoms with Gasteiger partial charge in [-0.05, 0) is 6.42 Å². The molecule has 22 heavy (non-hydrogen) atoms. The van der Waals surface area contributed by atoms with Crippen LogP contribution in [0.5, 0.6) is 0 Å². The van der Waals surface area contributed by atoms with Gasteiger partial charge in [-0.25, -0.2) is 0 Å². The van der Waals surface area contributed by atoms with E-state index in [2.05, 4.69) is 12.2 Å². The SMILES string of the molecule is CCCCCCCCCCCCNC(=O)C[n+]1ccccc1. The maximum atomic E-state index is 11.7. The van der Waals surface area contributed by atoms with Crippen molar-refractivity contribution in [2.75, 3.05) is 6.54 Å². The fraction of sp³-hybridized carbons (Fsp3) is 0.684. The van der Waals surface area contributed by atoms with Gasteiger partial charge in [-0.3, -0.25) is 4.79 Å². The van der Waals surface area contributed by atoms with E-state index in [0.29, 0.717) is 6.54 Å². The summed E-state index contributed by atoms with van der Waals surface area (Å²) in [4.78, 5) is 11.7. The number of aromatic nitrogens is 1. The molecule has 0 aliphatic rings. The maximum Gasteiger partial charge on any atom is 0.285 e. The van der Waals surface area contributed by atoms with E-state index in [9.17, 15) is 4.79 Å². The molecule has 0 saturated carbocycles. The summed E-state index contributed by atoms with van der Waals surface area (Å²) < 4.78 is 1.90. The molecule has 0 bridgehead atoms. The van der Waals surface area contributed by atoms with E-state index in [1.807, 2.05) is 35.2 Å². The summed E-state index contributed by atoms with van der Waals surface area (Å²) in [6.07, 6.45) is 17.1. The Kier molecular flexibility index (Phi) is 11.3. The highest BCUT2D eigenvalue weighted by atomic mass is 16.1. The van der Waals surface area contributed by atoms with Crippen molar-refractivity contribution in [2.24, 2.45) is 0 Å². The van der Waals surface area contributed by atoms with E-state index in [1.54, 1.807) is 0 Å². The Labute approximate surface area is 136 Å². The number of nitrogens with one attached hydrogen (secondary N) is 1. The van der Waals surface area contributed by atoms with Crippen LogP contribution in [-0.2, 0) is 11.3 Å². The first kappa shape index (κ1) is 18.7. The molecule has 0 aliphatic heterocycles. The number of rotatable bonds is 13. The molecule has 0 atom stereocenters. The highest BCUT2D eigenvalue weighted by Crippen LogP contribution is 2.10. The zero-order chi connectivity index (χ0) is 15.9. The van der Waals surface area contributed by atoms with E-state index >= 15 is 0 Å². The highest BCUT2D eigenvalue weighted by Gasteiger charge is 2.06.